The average molecular weight is 322 g/mol. The summed E-state index contributed by atoms with van der Waals surface area (Å²) in [6, 6.07) is -0.611. The fraction of sp³-hybridized carbons (Fsp3) is 0.688. The molecule has 1 aliphatic rings. The quantitative estimate of drug-likeness (QED) is 0.816. The Morgan fingerprint density at radius 1 is 1.26 bits per heavy atom. The first kappa shape index (κ1) is 17.5. The van der Waals surface area contributed by atoms with E-state index >= 15 is 0 Å². The Hall–Kier alpha value is -1.89. The van der Waals surface area contributed by atoms with Gasteiger partial charge in [-0.25, -0.2) is 4.98 Å². The number of piperidine rings is 1. The smallest absolute Gasteiger partial charge is 0.274 e. The van der Waals surface area contributed by atoms with Crippen LogP contribution in [0.5, 0.6) is 0 Å². The SMILES string of the molecule is Cc1nc(C(=O)N[C@H](C)C(=O)NCCN2CCCCC2)c(C)o1. The highest BCUT2D eigenvalue weighted by Crippen LogP contribution is 2.09. The monoisotopic (exact) mass is 322 g/mol. The Bertz CT molecular complexity index is 550. The van der Waals surface area contributed by atoms with Crippen LogP contribution in [0.2, 0.25) is 0 Å². The molecule has 128 valence electrons. The van der Waals surface area contributed by atoms with Gasteiger partial charge in [-0.2, -0.15) is 0 Å². The van der Waals surface area contributed by atoms with Crippen LogP contribution in [0, 0.1) is 13.8 Å². The number of nitrogens with one attached hydrogen (secondary N) is 2. The van der Waals surface area contributed by atoms with Crippen LogP contribution in [-0.2, 0) is 4.79 Å². The molecule has 1 saturated heterocycles. The predicted molar refractivity (Wildman–Crippen MR) is 86.2 cm³/mol. The van der Waals surface area contributed by atoms with E-state index in [1.54, 1.807) is 20.8 Å². The lowest BCUT2D eigenvalue weighted by atomic mass is 10.1. The lowest BCUT2D eigenvalue weighted by Crippen LogP contribution is -2.47. The number of nitrogens with zero attached hydrogens (tertiary/aromatic N) is 2. The third-order valence-corrected chi connectivity index (χ3v) is 4.04. The summed E-state index contributed by atoms with van der Waals surface area (Å²) in [7, 11) is 0. The molecule has 7 nitrogen and oxygen atoms in total. The molecule has 0 aliphatic carbocycles. The number of hydrogen-bond acceptors (Lipinski definition) is 5. The Labute approximate surface area is 136 Å². The van der Waals surface area contributed by atoms with Crippen molar-refractivity contribution in [1.29, 1.82) is 0 Å². The van der Waals surface area contributed by atoms with Gasteiger partial charge in [-0.05, 0) is 39.8 Å². The van der Waals surface area contributed by atoms with E-state index in [-0.39, 0.29) is 11.6 Å². The molecular formula is C16H26N4O3. The van der Waals surface area contributed by atoms with Crippen molar-refractivity contribution in [1.82, 2.24) is 20.5 Å². The number of aryl methyl sites for hydroxylation is 2. The van der Waals surface area contributed by atoms with Gasteiger partial charge in [0.1, 0.15) is 11.8 Å². The normalized spacial score (nSPS) is 16.8. The second kappa shape index (κ2) is 8.10. The maximum absolute atomic E-state index is 12.1. The molecule has 2 rings (SSSR count). The second-order valence-corrected chi connectivity index (χ2v) is 6.03. The van der Waals surface area contributed by atoms with E-state index in [2.05, 4.69) is 20.5 Å². The molecule has 0 unspecified atom stereocenters. The van der Waals surface area contributed by atoms with Gasteiger partial charge in [0.25, 0.3) is 5.91 Å². The van der Waals surface area contributed by atoms with E-state index in [9.17, 15) is 9.59 Å². The predicted octanol–water partition coefficient (Wildman–Crippen LogP) is 1.01. The zero-order valence-electron chi connectivity index (χ0n) is 14.1. The van der Waals surface area contributed by atoms with E-state index in [0.717, 1.165) is 19.6 Å². The fourth-order valence-electron chi connectivity index (χ4n) is 2.74. The van der Waals surface area contributed by atoms with Crippen molar-refractivity contribution >= 4 is 11.8 Å². The molecule has 1 atom stereocenters. The zero-order chi connectivity index (χ0) is 16.8. The minimum atomic E-state index is -0.611. The zero-order valence-corrected chi connectivity index (χ0v) is 14.1. The fourth-order valence-corrected chi connectivity index (χ4v) is 2.74. The number of oxazole rings is 1. The number of carbonyl (C=O) groups is 2. The van der Waals surface area contributed by atoms with Gasteiger partial charge in [-0.1, -0.05) is 6.42 Å². The summed E-state index contributed by atoms with van der Waals surface area (Å²) in [5, 5.41) is 5.52. The first-order valence-electron chi connectivity index (χ1n) is 8.22. The summed E-state index contributed by atoms with van der Waals surface area (Å²) in [6.45, 7) is 8.68. The highest BCUT2D eigenvalue weighted by molar-refractivity contribution is 5.96. The molecule has 2 amide bonds. The Morgan fingerprint density at radius 2 is 1.96 bits per heavy atom. The molecule has 0 radical (unpaired) electrons. The van der Waals surface area contributed by atoms with Crippen LogP contribution in [0.1, 0.15) is 48.3 Å². The molecule has 2 heterocycles. The highest BCUT2D eigenvalue weighted by atomic mass is 16.4. The topological polar surface area (TPSA) is 87.5 Å². The number of hydrogen-bond donors (Lipinski definition) is 2. The lowest BCUT2D eigenvalue weighted by molar-refractivity contribution is -0.122. The van der Waals surface area contributed by atoms with Crippen molar-refractivity contribution < 1.29 is 14.0 Å². The van der Waals surface area contributed by atoms with E-state index in [0.29, 0.717) is 18.2 Å². The van der Waals surface area contributed by atoms with Gasteiger partial charge in [-0.15, -0.1) is 0 Å². The standard InChI is InChI=1S/C16H26N4O3/c1-11(18-16(22)14-12(2)23-13(3)19-14)15(21)17-7-10-20-8-5-4-6-9-20/h11H,4-10H2,1-3H3,(H,17,21)(H,18,22)/t11-/m1/s1. The van der Waals surface area contributed by atoms with Gasteiger partial charge >= 0.3 is 0 Å². The summed E-state index contributed by atoms with van der Waals surface area (Å²) in [5.74, 6) is 0.315. The van der Waals surface area contributed by atoms with Crippen LogP contribution in [0.3, 0.4) is 0 Å². The van der Waals surface area contributed by atoms with Crippen LogP contribution < -0.4 is 10.6 Å². The molecule has 1 aliphatic heterocycles. The van der Waals surface area contributed by atoms with Crippen LogP contribution in [0.25, 0.3) is 0 Å². The summed E-state index contributed by atoms with van der Waals surface area (Å²) >= 11 is 0. The molecule has 1 aromatic rings. The van der Waals surface area contributed by atoms with Crippen LogP contribution >= 0.6 is 0 Å². The number of amides is 2. The highest BCUT2D eigenvalue weighted by Gasteiger charge is 2.21. The first-order valence-corrected chi connectivity index (χ1v) is 8.22. The van der Waals surface area contributed by atoms with Gasteiger partial charge in [0.05, 0.1) is 0 Å². The van der Waals surface area contributed by atoms with E-state index in [1.165, 1.54) is 19.3 Å². The van der Waals surface area contributed by atoms with E-state index < -0.39 is 11.9 Å². The average Bonchev–Trinajstić information content (AvgIpc) is 2.87. The van der Waals surface area contributed by atoms with E-state index in [1.807, 2.05) is 0 Å². The maximum Gasteiger partial charge on any atom is 0.274 e. The van der Waals surface area contributed by atoms with Crippen LogP contribution in [-0.4, -0.2) is 53.9 Å². The third-order valence-electron chi connectivity index (χ3n) is 4.04. The van der Waals surface area contributed by atoms with Crippen LogP contribution in [0.15, 0.2) is 4.42 Å². The van der Waals surface area contributed by atoms with Crippen molar-refractivity contribution in [3.05, 3.63) is 17.3 Å². The van der Waals surface area contributed by atoms with Crippen molar-refractivity contribution in [2.75, 3.05) is 26.2 Å². The molecule has 0 saturated carbocycles. The number of likely N-dealkylation sites (tertiary alicyclic amines) is 1. The molecule has 0 bridgehead atoms. The van der Waals surface area contributed by atoms with Gasteiger partial charge in [0.2, 0.25) is 5.91 Å². The first-order chi connectivity index (χ1) is 11.0. The summed E-state index contributed by atoms with van der Waals surface area (Å²) in [5.41, 5.74) is 0.232. The Kier molecular flexibility index (Phi) is 6.15. The molecule has 2 N–H and O–H groups in total. The van der Waals surface area contributed by atoms with Crippen molar-refractivity contribution in [3.8, 4) is 0 Å². The van der Waals surface area contributed by atoms with Crippen LogP contribution in [0.4, 0.5) is 0 Å². The number of aromatic nitrogens is 1. The molecule has 0 aromatic carbocycles. The molecule has 7 heteroatoms. The van der Waals surface area contributed by atoms with Gasteiger partial charge in [0.15, 0.2) is 11.6 Å². The number of rotatable bonds is 6. The summed E-state index contributed by atoms with van der Waals surface area (Å²) in [6.07, 6.45) is 3.76. The third kappa shape index (κ3) is 5.06. The summed E-state index contributed by atoms with van der Waals surface area (Å²) < 4.78 is 5.23. The van der Waals surface area contributed by atoms with E-state index in [4.69, 9.17) is 4.42 Å². The van der Waals surface area contributed by atoms with Crippen molar-refractivity contribution in [3.63, 3.8) is 0 Å². The minimum absolute atomic E-state index is 0.187. The molecule has 1 aromatic heterocycles. The van der Waals surface area contributed by atoms with Gasteiger partial charge in [-0.3, -0.25) is 9.59 Å². The number of carbonyl (C=O) groups excluding carboxylic acids is 2. The Morgan fingerprint density at radius 3 is 2.57 bits per heavy atom. The molecule has 23 heavy (non-hydrogen) atoms. The molecule has 1 fully saturated rings. The van der Waals surface area contributed by atoms with Crippen molar-refractivity contribution in [2.24, 2.45) is 0 Å². The molecule has 0 spiro atoms. The molecular weight excluding hydrogens is 296 g/mol. The van der Waals surface area contributed by atoms with Gasteiger partial charge < -0.3 is 20.0 Å². The van der Waals surface area contributed by atoms with Crippen molar-refractivity contribution in [2.45, 2.75) is 46.1 Å². The second-order valence-electron chi connectivity index (χ2n) is 6.03. The maximum atomic E-state index is 12.1. The largest absolute Gasteiger partial charge is 0.445 e. The Balaban J connectivity index is 1.73. The van der Waals surface area contributed by atoms with Gasteiger partial charge in [0, 0.05) is 20.0 Å². The lowest BCUT2D eigenvalue weighted by Gasteiger charge is -2.26. The minimum Gasteiger partial charge on any atom is -0.445 e. The summed E-state index contributed by atoms with van der Waals surface area (Å²) in [4.78, 5) is 30.5.